The predicted octanol–water partition coefficient (Wildman–Crippen LogP) is 3.13. The summed E-state index contributed by atoms with van der Waals surface area (Å²) in [6, 6.07) is 8.95. The van der Waals surface area contributed by atoms with Crippen molar-refractivity contribution >= 4 is 12.2 Å². The van der Waals surface area contributed by atoms with Crippen molar-refractivity contribution in [2.24, 2.45) is 0 Å². The standard InChI is InChI=1S/C13H19B/c1-3-11-7-4-5-10-13(11)14(2)12-8-6-9-12/h4-5,7,10,12H,3,6,8-9H2,1-2H3. The Balaban J connectivity index is 2.20. The molecule has 0 atom stereocenters. The summed E-state index contributed by atoms with van der Waals surface area (Å²) in [6.45, 7) is 5.44. The lowest BCUT2D eigenvalue weighted by Gasteiger charge is -2.30. The maximum Gasteiger partial charge on any atom is 0.176 e. The zero-order valence-electron chi connectivity index (χ0n) is 9.29. The maximum atomic E-state index is 2.40. The molecule has 74 valence electrons. The van der Waals surface area contributed by atoms with E-state index in [0.29, 0.717) is 0 Å². The second kappa shape index (κ2) is 4.21. The van der Waals surface area contributed by atoms with Gasteiger partial charge in [-0.2, -0.15) is 0 Å². The molecule has 0 bridgehead atoms. The van der Waals surface area contributed by atoms with E-state index in [1.165, 1.54) is 25.7 Å². The molecule has 0 aromatic heterocycles. The highest BCUT2D eigenvalue weighted by Crippen LogP contribution is 2.35. The highest BCUT2D eigenvalue weighted by molar-refractivity contribution is 6.74. The van der Waals surface area contributed by atoms with Crippen LogP contribution in [0.2, 0.25) is 12.6 Å². The van der Waals surface area contributed by atoms with E-state index in [2.05, 4.69) is 38.0 Å². The van der Waals surface area contributed by atoms with Gasteiger partial charge in [0.15, 0.2) is 6.71 Å². The molecule has 0 unspecified atom stereocenters. The first-order valence-electron chi connectivity index (χ1n) is 5.90. The third kappa shape index (κ3) is 1.73. The molecule has 0 amide bonds. The molecule has 0 N–H and O–H groups in total. The zero-order valence-corrected chi connectivity index (χ0v) is 9.29. The van der Waals surface area contributed by atoms with Gasteiger partial charge in [-0.1, -0.05) is 74.1 Å². The molecule has 0 nitrogen and oxygen atoms in total. The van der Waals surface area contributed by atoms with Gasteiger partial charge in [-0.05, 0) is 6.42 Å². The molecule has 1 heteroatoms. The summed E-state index contributed by atoms with van der Waals surface area (Å²) >= 11 is 0. The molecule has 1 aromatic carbocycles. The summed E-state index contributed by atoms with van der Waals surface area (Å²) in [6.07, 6.45) is 5.51. The van der Waals surface area contributed by atoms with Gasteiger partial charge in [-0.15, -0.1) is 0 Å². The zero-order chi connectivity index (χ0) is 9.97. The molecule has 1 aliphatic carbocycles. The van der Waals surface area contributed by atoms with Crippen molar-refractivity contribution in [1.82, 2.24) is 0 Å². The summed E-state index contributed by atoms with van der Waals surface area (Å²) in [5.74, 6) is 0.961. The fourth-order valence-corrected chi connectivity index (χ4v) is 2.49. The molecule has 2 rings (SSSR count). The van der Waals surface area contributed by atoms with Gasteiger partial charge < -0.3 is 0 Å². The van der Waals surface area contributed by atoms with E-state index < -0.39 is 0 Å². The number of aryl methyl sites for hydroxylation is 1. The van der Waals surface area contributed by atoms with Crippen LogP contribution in [-0.4, -0.2) is 6.71 Å². The summed E-state index contributed by atoms with van der Waals surface area (Å²) in [5.41, 5.74) is 3.15. The van der Waals surface area contributed by atoms with Crippen LogP contribution in [0, 0.1) is 0 Å². The second-order valence-corrected chi connectivity index (χ2v) is 4.53. The summed E-state index contributed by atoms with van der Waals surface area (Å²) in [5, 5.41) is 0. The van der Waals surface area contributed by atoms with Crippen LogP contribution in [0.4, 0.5) is 0 Å². The Labute approximate surface area is 87.8 Å². The van der Waals surface area contributed by atoms with Gasteiger partial charge in [-0.25, -0.2) is 0 Å². The molecule has 0 aliphatic heterocycles. The van der Waals surface area contributed by atoms with Crippen LogP contribution in [-0.2, 0) is 6.42 Å². The molecule has 0 heterocycles. The normalized spacial score (nSPS) is 16.4. The lowest BCUT2D eigenvalue weighted by atomic mass is 9.34. The molecule has 1 aromatic rings. The van der Waals surface area contributed by atoms with Crippen molar-refractivity contribution in [3.63, 3.8) is 0 Å². The Morgan fingerprint density at radius 2 is 2.00 bits per heavy atom. The van der Waals surface area contributed by atoms with Crippen molar-refractivity contribution < 1.29 is 0 Å². The van der Waals surface area contributed by atoms with Crippen molar-refractivity contribution in [3.05, 3.63) is 29.8 Å². The minimum Gasteiger partial charge on any atom is -0.0815 e. The van der Waals surface area contributed by atoms with E-state index in [1.807, 2.05) is 0 Å². The van der Waals surface area contributed by atoms with E-state index in [4.69, 9.17) is 0 Å². The van der Waals surface area contributed by atoms with E-state index in [9.17, 15) is 0 Å². The Hall–Kier alpha value is -0.715. The van der Waals surface area contributed by atoms with Crippen molar-refractivity contribution in [2.45, 2.75) is 45.2 Å². The number of hydrogen-bond donors (Lipinski definition) is 0. The summed E-state index contributed by atoms with van der Waals surface area (Å²) in [7, 11) is 0. The quantitative estimate of drug-likeness (QED) is 0.636. The SMILES string of the molecule is CCc1ccccc1B(C)C1CCC1. The van der Waals surface area contributed by atoms with Crippen molar-refractivity contribution in [1.29, 1.82) is 0 Å². The molecule has 14 heavy (non-hydrogen) atoms. The van der Waals surface area contributed by atoms with Crippen molar-refractivity contribution in [2.75, 3.05) is 0 Å². The van der Waals surface area contributed by atoms with Crippen LogP contribution in [0.3, 0.4) is 0 Å². The lowest BCUT2D eigenvalue weighted by Crippen LogP contribution is -2.37. The van der Waals surface area contributed by atoms with Crippen LogP contribution in [0.25, 0.3) is 0 Å². The van der Waals surface area contributed by atoms with Gasteiger partial charge in [0, 0.05) is 0 Å². The average molecular weight is 186 g/mol. The van der Waals surface area contributed by atoms with Crippen molar-refractivity contribution in [3.8, 4) is 0 Å². The third-order valence-corrected chi connectivity index (χ3v) is 3.78. The predicted molar refractivity (Wildman–Crippen MR) is 64.7 cm³/mol. The van der Waals surface area contributed by atoms with Gasteiger partial charge in [0.2, 0.25) is 0 Å². The topological polar surface area (TPSA) is 0 Å². The molecule has 1 saturated carbocycles. The fourth-order valence-electron chi connectivity index (χ4n) is 2.49. The molecular weight excluding hydrogens is 167 g/mol. The first-order valence-corrected chi connectivity index (χ1v) is 5.90. The highest BCUT2D eigenvalue weighted by Gasteiger charge is 2.28. The van der Waals surface area contributed by atoms with Crippen LogP contribution < -0.4 is 5.46 Å². The van der Waals surface area contributed by atoms with E-state index in [1.54, 1.807) is 11.0 Å². The molecule has 0 radical (unpaired) electrons. The first-order chi connectivity index (χ1) is 6.83. The third-order valence-electron chi connectivity index (χ3n) is 3.78. The molecule has 0 saturated heterocycles. The van der Waals surface area contributed by atoms with Gasteiger partial charge >= 0.3 is 0 Å². The van der Waals surface area contributed by atoms with E-state index in [-0.39, 0.29) is 0 Å². The number of benzene rings is 1. The molecule has 1 aliphatic rings. The minimum absolute atomic E-state index is 0.778. The van der Waals surface area contributed by atoms with E-state index >= 15 is 0 Å². The lowest BCUT2D eigenvalue weighted by molar-refractivity contribution is 0.496. The first kappa shape index (κ1) is 9.83. The van der Waals surface area contributed by atoms with Gasteiger partial charge in [0.25, 0.3) is 0 Å². The second-order valence-electron chi connectivity index (χ2n) is 4.53. The number of hydrogen-bond acceptors (Lipinski definition) is 0. The average Bonchev–Trinajstić information content (AvgIpc) is 2.15. The van der Waals surface area contributed by atoms with Gasteiger partial charge in [0.05, 0.1) is 0 Å². The van der Waals surface area contributed by atoms with Crippen LogP contribution in [0.15, 0.2) is 24.3 Å². The smallest absolute Gasteiger partial charge is 0.0815 e. The maximum absolute atomic E-state index is 2.40. The highest BCUT2D eigenvalue weighted by atomic mass is 14.2. The molecular formula is C13H19B. The summed E-state index contributed by atoms with van der Waals surface area (Å²) in [4.78, 5) is 0. The fraction of sp³-hybridized carbons (Fsp3) is 0.538. The molecule has 1 fully saturated rings. The van der Waals surface area contributed by atoms with Gasteiger partial charge in [-0.3, -0.25) is 0 Å². The Kier molecular flexibility index (Phi) is 2.95. The van der Waals surface area contributed by atoms with Crippen LogP contribution in [0.1, 0.15) is 31.7 Å². The molecule has 0 spiro atoms. The summed E-state index contributed by atoms with van der Waals surface area (Å²) < 4.78 is 0. The van der Waals surface area contributed by atoms with Crippen LogP contribution >= 0.6 is 0 Å². The Morgan fingerprint density at radius 1 is 1.29 bits per heavy atom. The van der Waals surface area contributed by atoms with Gasteiger partial charge in [0.1, 0.15) is 0 Å². The largest absolute Gasteiger partial charge is 0.176 e. The van der Waals surface area contributed by atoms with Crippen LogP contribution in [0.5, 0.6) is 0 Å². The minimum atomic E-state index is 0.778. The Morgan fingerprint density at radius 3 is 2.57 bits per heavy atom. The monoisotopic (exact) mass is 186 g/mol. The number of rotatable bonds is 3. The van der Waals surface area contributed by atoms with E-state index in [0.717, 1.165) is 12.5 Å². The Bertz CT molecular complexity index is 302.